The molecule has 4 rings (SSSR count). The lowest BCUT2D eigenvalue weighted by Gasteiger charge is -2.15. The first kappa shape index (κ1) is 10.8. The number of hydrogen-bond acceptors (Lipinski definition) is 7. The van der Waals surface area contributed by atoms with E-state index in [0.717, 1.165) is 21.5 Å². The Kier molecular flexibility index (Phi) is 2.42. The Morgan fingerprint density at radius 3 is 3.26 bits per heavy atom. The molecule has 2 aliphatic rings. The third kappa shape index (κ3) is 1.76. The van der Waals surface area contributed by atoms with Gasteiger partial charge in [0.25, 0.3) is 0 Å². The van der Waals surface area contributed by atoms with Gasteiger partial charge in [-0.2, -0.15) is 5.10 Å². The molecule has 4 heterocycles. The van der Waals surface area contributed by atoms with Crippen LogP contribution < -0.4 is 4.52 Å². The Labute approximate surface area is 116 Å². The van der Waals surface area contributed by atoms with Gasteiger partial charge < -0.3 is 0 Å². The molecule has 0 bridgehead atoms. The molecule has 0 aromatic carbocycles. The second-order valence-corrected chi connectivity index (χ2v) is 5.50. The Morgan fingerprint density at radius 1 is 1.26 bits per heavy atom. The maximum atomic E-state index is 4.29. The van der Waals surface area contributed by atoms with Crippen LogP contribution in [0.25, 0.3) is 11.7 Å². The first-order chi connectivity index (χ1) is 9.42. The third-order valence-corrected chi connectivity index (χ3v) is 4.30. The first-order valence-corrected chi connectivity index (χ1v) is 7.23. The van der Waals surface area contributed by atoms with Crippen molar-refractivity contribution in [1.82, 2.24) is 15.1 Å². The fourth-order valence-corrected chi connectivity index (χ4v) is 3.45. The van der Waals surface area contributed by atoms with Crippen molar-refractivity contribution in [3.8, 4) is 0 Å². The molecule has 6 nitrogen and oxygen atoms in total. The Balaban J connectivity index is 1.77. The SMILES string of the molecule is C1=NC2=CS/C(=C\c3scc4nccn[n+]34)N2N=C1. The van der Waals surface area contributed by atoms with E-state index in [2.05, 4.69) is 20.2 Å². The zero-order valence-corrected chi connectivity index (χ0v) is 11.2. The number of thioether (sulfide) groups is 1. The number of hydrogen-bond donors (Lipinski definition) is 0. The van der Waals surface area contributed by atoms with E-state index in [1.165, 1.54) is 0 Å². The zero-order valence-electron chi connectivity index (χ0n) is 9.54. The number of aliphatic imine (C=N–C) groups is 1. The lowest BCUT2D eigenvalue weighted by atomic mass is 10.5. The van der Waals surface area contributed by atoms with E-state index in [-0.39, 0.29) is 0 Å². The quantitative estimate of drug-likeness (QED) is 0.746. The molecule has 0 N–H and O–H groups in total. The fourth-order valence-electron chi connectivity index (χ4n) is 1.76. The molecule has 92 valence electrons. The number of rotatable bonds is 1. The highest BCUT2D eigenvalue weighted by Crippen LogP contribution is 2.37. The first-order valence-electron chi connectivity index (χ1n) is 5.48. The van der Waals surface area contributed by atoms with Crippen molar-refractivity contribution in [3.63, 3.8) is 0 Å². The Hall–Kier alpha value is -2.06. The summed E-state index contributed by atoms with van der Waals surface area (Å²) < 4.78 is 1.81. The fraction of sp³-hybridized carbons (Fsp3) is 0. The van der Waals surface area contributed by atoms with Crippen LogP contribution in [-0.4, -0.2) is 27.5 Å². The average Bonchev–Trinajstić information content (AvgIpc) is 3.05. The van der Waals surface area contributed by atoms with Crippen LogP contribution >= 0.6 is 23.1 Å². The molecule has 0 amide bonds. The second-order valence-electron chi connectivity index (χ2n) is 3.72. The monoisotopic (exact) mass is 287 g/mol. The molecule has 0 atom stereocenters. The highest BCUT2D eigenvalue weighted by Gasteiger charge is 2.23. The van der Waals surface area contributed by atoms with Gasteiger partial charge >= 0.3 is 5.65 Å². The molecule has 0 fully saturated rings. The number of thiazole rings is 1. The molecular formula is C11H7N6S2+. The summed E-state index contributed by atoms with van der Waals surface area (Å²) in [6, 6.07) is 0. The van der Waals surface area contributed by atoms with Gasteiger partial charge in [0.1, 0.15) is 11.2 Å². The van der Waals surface area contributed by atoms with E-state index in [9.17, 15) is 0 Å². The Morgan fingerprint density at radius 2 is 2.26 bits per heavy atom. The van der Waals surface area contributed by atoms with Crippen LogP contribution in [0.4, 0.5) is 0 Å². The van der Waals surface area contributed by atoms with Gasteiger partial charge in [0.05, 0.1) is 11.6 Å². The summed E-state index contributed by atoms with van der Waals surface area (Å²) >= 11 is 3.19. The van der Waals surface area contributed by atoms with Crippen LogP contribution in [-0.2, 0) is 0 Å². The number of nitrogens with zero attached hydrogens (tertiary/aromatic N) is 6. The minimum Gasteiger partial charge on any atom is -0.235 e. The van der Waals surface area contributed by atoms with E-state index in [1.807, 2.05) is 26.4 Å². The molecule has 2 aromatic rings. The minimum absolute atomic E-state index is 0.843. The van der Waals surface area contributed by atoms with Crippen molar-refractivity contribution < 1.29 is 4.52 Å². The zero-order chi connectivity index (χ0) is 12.7. The molecule has 0 saturated carbocycles. The summed E-state index contributed by atoms with van der Waals surface area (Å²) in [4.78, 5) is 8.51. The van der Waals surface area contributed by atoms with Crippen LogP contribution in [0.5, 0.6) is 0 Å². The molecule has 2 aromatic heterocycles. The standard InChI is InChI=1S/C11H7N6S2/c1-3-14-16-8(12-1)6-18-10(16)5-11-17-9(7-19-11)13-2-4-15-17/h1-7H/q+1. The van der Waals surface area contributed by atoms with Crippen LogP contribution in [0.3, 0.4) is 0 Å². The molecule has 19 heavy (non-hydrogen) atoms. The predicted molar refractivity (Wildman–Crippen MR) is 75.5 cm³/mol. The lowest BCUT2D eigenvalue weighted by Crippen LogP contribution is -2.27. The molecular weight excluding hydrogens is 280 g/mol. The molecule has 0 radical (unpaired) electrons. The number of hydrazone groups is 1. The normalized spacial score (nSPS) is 19.3. The maximum absolute atomic E-state index is 4.29. The van der Waals surface area contributed by atoms with Gasteiger partial charge in [0.15, 0.2) is 12.0 Å². The van der Waals surface area contributed by atoms with Crippen LogP contribution in [0.2, 0.25) is 0 Å². The van der Waals surface area contributed by atoms with E-state index >= 15 is 0 Å². The predicted octanol–water partition coefficient (Wildman–Crippen LogP) is 1.49. The molecule has 8 heteroatoms. The summed E-state index contributed by atoms with van der Waals surface area (Å²) in [5, 5.41) is 16.4. The van der Waals surface area contributed by atoms with E-state index < -0.39 is 0 Å². The van der Waals surface area contributed by atoms with Crippen LogP contribution in [0.1, 0.15) is 5.01 Å². The minimum atomic E-state index is 0.843. The maximum Gasteiger partial charge on any atom is 0.359 e. The van der Waals surface area contributed by atoms with Crippen molar-refractivity contribution in [1.29, 1.82) is 0 Å². The van der Waals surface area contributed by atoms with Gasteiger partial charge in [0, 0.05) is 17.7 Å². The number of aromatic nitrogens is 3. The summed E-state index contributed by atoms with van der Waals surface area (Å²) in [6.45, 7) is 0. The molecule has 0 aliphatic carbocycles. The Bertz CT molecular complexity index is 772. The van der Waals surface area contributed by atoms with Gasteiger partial charge in [0.2, 0.25) is 5.01 Å². The van der Waals surface area contributed by atoms with Crippen molar-refractivity contribution in [2.45, 2.75) is 0 Å². The molecule has 2 aliphatic heterocycles. The van der Waals surface area contributed by atoms with Crippen molar-refractivity contribution in [3.05, 3.63) is 39.0 Å². The van der Waals surface area contributed by atoms with Crippen molar-refractivity contribution in [2.75, 3.05) is 0 Å². The van der Waals surface area contributed by atoms with Crippen LogP contribution in [0, 0.1) is 0 Å². The summed E-state index contributed by atoms with van der Waals surface area (Å²) in [6.07, 6.45) is 8.77. The van der Waals surface area contributed by atoms with Crippen LogP contribution in [0.15, 0.2) is 44.1 Å². The average molecular weight is 287 g/mol. The summed E-state index contributed by atoms with van der Waals surface area (Å²) in [5.74, 6) is 0.843. The smallest absolute Gasteiger partial charge is 0.235 e. The second kappa shape index (κ2) is 4.25. The van der Waals surface area contributed by atoms with Gasteiger partial charge in [-0.05, 0) is 4.98 Å². The van der Waals surface area contributed by atoms with Crippen molar-refractivity contribution in [2.24, 2.45) is 10.1 Å². The van der Waals surface area contributed by atoms with E-state index in [0.29, 0.717) is 0 Å². The molecule has 0 saturated heterocycles. The highest BCUT2D eigenvalue weighted by atomic mass is 32.2. The summed E-state index contributed by atoms with van der Waals surface area (Å²) in [5.41, 5.74) is 0.843. The van der Waals surface area contributed by atoms with Crippen molar-refractivity contribution >= 4 is 47.3 Å². The topological polar surface area (TPSA) is 57.8 Å². The van der Waals surface area contributed by atoms with Gasteiger partial charge in [-0.25, -0.2) is 10.0 Å². The van der Waals surface area contributed by atoms with Gasteiger partial charge in [-0.15, -0.1) is 0 Å². The van der Waals surface area contributed by atoms with Gasteiger partial charge in [-0.3, -0.25) is 0 Å². The van der Waals surface area contributed by atoms with E-state index in [1.54, 1.807) is 47.9 Å². The third-order valence-electron chi connectivity index (χ3n) is 2.58. The molecule has 0 unspecified atom stereocenters. The van der Waals surface area contributed by atoms with E-state index in [4.69, 9.17) is 0 Å². The van der Waals surface area contributed by atoms with Gasteiger partial charge in [-0.1, -0.05) is 32.7 Å². The lowest BCUT2D eigenvalue weighted by molar-refractivity contribution is -0.580. The largest absolute Gasteiger partial charge is 0.359 e. The summed E-state index contributed by atoms with van der Waals surface area (Å²) in [7, 11) is 0. The number of fused-ring (bicyclic) bond motifs is 2. The highest BCUT2D eigenvalue weighted by molar-refractivity contribution is 8.06. The molecule has 0 spiro atoms.